The molecule has 0 spiro atoms. The van der Waals surface area contributed by atoms with Gasteiger partial charge in [-0.2, -0.15) is 0 Å². The van der Waals surface area contributed by atoms with E-state index < -0.39 is 5.60 Å². The second-order valence-corrected chi connectivity index (χ2v) is 5.17. The summed E-state index contributed by atoms with van der Waals surface area (Å²) in [6, 6.07) is 10.6. The van der Waals surface area contributed by atoms with Crippen LogP contribution in [0.5, 0.6) is 0 Å². The summed E-state index contributed by atoms with van der Waals surface area (Å²) in [6.07, 6.45) is 8.62. The van der Waals surface area contributed by atoms with Crippen LogP contribution in [-0.4, -0.2) is 10.7 Å². The van der Waals surface area contributed by atoms with Gasteiger partial charge in [-0.25, -0.2) is 0 Å². The van der Waals surface area contributed by atoms with Crippen molar-refractivity contribution in [1.82, 2.24) is 0 Å². The van der Waals surface area contributed by atoms with E-state index in [1.807, 2.05) is 0 Å². The Labute approximate surface area is 96.8 Å². The van der Waals surface area contributed by atoms with Crippen LogP contribution in [0.2, 0.25) is 0 Å². The van der Waals surface area contributed by atoms with Crippen LogP contribution in [0, 0.1) is 5.92 Å². The predicted molar refractivity (Wildman–Crippen MR) is 65.2 cm³/mol. The minimum atomic E-state index is -0.421. The van der Waals surface area contributed by atoms with Gasteiger partial charge in [-0.15, -0.1) is 0 Å². The van der Waals surface area contributed by atoms with E-state index in [0.29, 0.717) is 11.8 Å². The van der Waals surface area contributed by atoms with Crippen LogP contribution in [0.4, 0.5) is 0 Å². The van der Waals surface area contributed by atoms with Crippen molar-refractivity contribution in [3.63, 3.8) is 0 Å². The summed E-state index contributed by atoms with van der Waals surface area (Å²) in [4.78, 5) is 0. The Morgan fingerprint density at radius 1 is 1.19 bits per heavy atom. The Bertz CT molecular complexity index is 395. The number of rotatable bonds is 1. The van der Waals surface area contributed by atoms with Gasteiger partial charge in [0, 0.05) is 5.92 Å². The monoisotopic (exact) mass is 214 g/mol. The Kier molecular flexibility index (Phi) is 2.36. The Morgan fingerprint density at radius 2 is 2.00 bits per heavy atom. The van der Waals surface area contributed by atoms with Gasteiger partial charge >= 0.3 is 0 Å². The molecule has 1 aromatic carbocycles. The van der Waals surface area contributed by atoms with Crippen LogP contribution in [-0.2, 0) is 0 Å². The predicted octanol–water partition coefficient (Wildman–Crippen LogP) is 3.26. The highest BCUT2D eigenvalue weighted by Crippen LogP contribution is 2.49. The molecule has 1 heteroatoms. The molecule has 3 atom stereocenters. The molecule has 0 amide bonds. The molecular weight excluding hydrogens is 196 g/mol. The molecule has 0 radical (unpaired) electrons. The zero-order valence-electron chi connectivity index (χ0n) is 9.47. The lowest BCUT2D eigenvalue weighted by Gasteiger charge is -2.37. The molecule has 1 aromatic rings. The van der Waals surface area contributed by atoms with Crippen LogP contribution in [0.1, 0.15) is 37.2 Å². The van der Waals surface area contributed by atoms with E-state index in [-0.39, 0.29) is 0 Å². The molecule has 2 aliphatic rings. The molecule has 0 aliphatic heterocycles. The summed E-state index contributed by atoms with van der Waals surface area (Å²) in [5.74, 6) is 0.849. The van der Waals surface area contributed by atoms with Crippen LogP contribution >= 0.6 is 0 Å². The quantitative estimate of drug-likeness (QED) is 0.711. The molecule has 3 rings (SSSR count). The van der Waals surface area contributed by atoms with Gasteiger partial charge in [0.05, 0.1) is 5.60 Å². The Hall–Kier alpha value is -1.08. The summed E-state index contributed by atoms with van der Waals surface area (Å²) in [5.41, 5.74) is 0.929. The van der Waals surface area contributed by atoms with Gasteiger partial charge in [-0.3, -0.25) is 0 Å². The van der Waals surface area contributed by atoms with E-state index in [1.165, 1.54) is 18.4 Å². The number of fused-ring (bicyclic) bond motifs is 1. The lowest BCUT2D eigenvalue weighted by Crippen LogP contribution is -2.37. The third-order valence-electron chi connectivity index (χ3n) is 4.25. The standard InChI is InChI=1S/C15H18O/c16-15-10-4-8-13(14(15)9-5-11-15)12-6-2-1-3-7-12/h1-4,6-8,13-14,16H,5,9-11H2/t13-,14-,15+/m0/s1. The minimum Gasteiger partial charge on any atom is -0.389 e. The molecule has 0 heterocycles. The fraction of sp³-hybridized carbons (Fsp3) is 0.467. The summed E-state index contributed by atoms with van der Waals surface area (Å²) in [6.45, 7) is 0. The van der Waals surface area contributed by atoms with Crippen LogP contribution in [0.25, 0.3) is 0 Å². The first-order valence-corrected chi connectivity index (χ1v) is 6.24. The molecule has 0 aromatic heterocycles. The van der Waals surface area contributed by atoms with Crippen molar-refractivity contribution in [3.8, 4) is 0 Å². The molecule has 0 bridgehead atoms. The molecule has 1 nitrogen and oxygen atoms in total. The second-order valence-electron chi connectivity index (χ2n) is 5.17. The van der Waals surface area contributed by atoms with E-state index in [4.69, 9.17) is 0 Å². The van der Waals surface area contributed by atoms with E-state index in [2.05, 4.69) is 42.5 Å². The minimum absolute atomic E-state index is 0.419. The topological polar surface area (TPSA) is 20.2 Å². The number of hydrogen-bond donors (Lipinski definition) is 1. The van der Waals surface area contributed by atoms with Gasteiger partial charge in [-0.1, -0.05) is 48.9 Å². The largest absolute Gasteiger partial charge is 0.389 e. The SMILES string of the molecule is O[C@@]12CC=C[C@@H](c3ccccc3)[C@@H]1CCC2. The smallest absolute Gasteiger partial charge is 0.0718 e. The second kappa shape index (κ2) is 3.74. The average Bonchev–Trinajstić information content (AvgIpc) is 2.71. The van der Waals surface area contributed by atoms with Crippen molar-refractivity contribution < 1.29 is 5.11 Å². The zero-order valence-corrected chi connectivity index (χ0v) is 9.47. The van der Waals surface area contributed by atoms with Crippen molar-refractivity contribution in [3.05, 3.63) is 48.0 Å². The third-order valence-corrected chi connectivity index (χ3v) is 4.25. The Balaban J connectivity index is 1.96. The molecule has 1 N–H and O–H groups in total. The van der Waals surface area contributed by atoms with Gasteiger partial charge in [0.15, 0.2) is 0 Å². The number of benzene rings is 1. The van der Waals surface area contributed by atoms with E-state index >= 15 is 0 Å². The first kappa shape index (κ1) is 10.1. The van der Waals surface area contributed by atoms with Crippen molar-refractivity contribution in [1.29, 1.82) is 0 Å². The zero-order chi connectivity index (χ0) is 11.0. The lowest BCUT2D eigenvalue weighted by molar-refractivity contribution is -0.00503. The first-order valence-electron chi connectivity index (χ1n) is 6.24. The van der Waals surface area contributed by atoms with Gasteiger partial charge < -0.3 is 5.11 Å². The normalized spacial score (nSPS) is 37.3. The molecule has 2 aliphatic carbocycles. The highest BCUT2D eigenvalue weighted by atomic mass is 16.3. The van der Waals surface area contributed by atoms with Crippen LogP contribution < -0.4 is 0 Å². The van der Waals surface area contributed by atoms with Gasteiger partial charge in [0.2, 0.25) is 0 Å². The summed E-state index contributed by atoms with van der Waals surface area (Å²) in [5, 5.41) is 10.6. The molecule has 1 fully saturated rings. The fourth-order valence-electron chi connectivity index (χ4n) is 3.42. The van der Waals surface area contributed by atoms with E-state index in [9.17, 15) is 5.11 Å². The average molecular weight is 214 g/mol. The van der Waals surface area contributed by atoms with Crippen molar-refractivity contribution in [2.45, 2.75) is 37.2 Å². The summed E-state index contributed by atoms with van der Waals surface area (Å²) < 4.78 is 0. The lowest BCUT2D eigenvalue weighted by atomic mass is 9.72. The summed E-state index contributed by atoms with van der Waals surface area (Å²) in [7, 11) is 0. The molecule has 0 saturated heterocycles. The molecular formula is C15H18O. The number of aliphatic hydroxyl groups is 1. The maximum Gasteiger partial charge on any atom is 0.0718 e. The first-order chi connectivity index (χ1) is 7.80. The third kappa shape index (κ3) is 1.51. The van der Waals surface area contributed by atoms with Gasteiger partial charge in [0.25, 0.3) is 0 Å². The number of allylic oxidation sites excluding steroid dienone is 1. The highest BCUT2D eigenvalue weighted by Gasteiger charge is 2.45. The van der Waals surface area contributed by atoms with E-state index in [1.54, 1.807) is 0 Å². The maximum atomic E-state index is 10.6. The molecule has 84 valence electrons. The van der Waals surface area contributed by atoms with E-state index in [0.717, 1.165) is 12.8 Å². The van der Waals surface area contributed by atoms with Crippen LogP contribution in [0.3, 0.4) is 0 Å². The van der Waals surface area contributed by atoms with Gasteiger partial charge in [-0.05, 0) is 30.7 Å². The molecule has 16 heavy (non-hydrogen) atoms. The molecule has 0 unspecified atom stereocenters. The highest BCUT2D eigenvalue weighted by molar-refractivity contribution is 5.29. The van der Waals surface area contributed by atoms with Gasteiger partial charge in [0.1, 0.15) is 0 Å². The van der Waals surface area contributed by atoms with Crippen molar-refractivity contribution in [2.24, 2.45) is 5.92 Å². The fourth-order valence-corrected chi connectivity index (χ4v) is 3.42. The Morgan fingerprint density at radius 3 is 2.81 bits per heavy atom. The molecule has 1 saturated carbocycles. The number of hydrogen-bond acceptors (Lipinski definition) is 1. The van der Waals surface area contributed by atoms with Crippen LogP contribution in [0.15, 0.2) is 42.5 Å². The summed E-state index contributed by atoms with van der Waals surface area (Å²) >= 11 is 0. The van der Waals surface area contributed by atoms with Crippen molar-refractivity contribution >= 4 is 0 Å². The van der Waals surface area contributed by atoms with Crippen molar-refractivity contribution in [2.75, 3.05) is 0 Å². The maximum absolute atomic E-state index is 10.6.